The molecule has 1 N–H and O–H groups in total. The predicted molar refractivity (Wildman–Crippen MR) is 67.3 cm³/mol. The van der Waals surface area contributed by atoms with Crippen LogP contribution in [0.5, 0.6) is 0 Å². The molecule has 2 rings (SSSR count). The van der Waals surface area contributed by atoms with E-state index in [4.69, 9.17) is 0 Å². The average molecular weight is 247 g/mol. The highest BCUT2D eigenvalue weighted by atomic mass is 16.3. The van der Waals surface area contributed by atoms with Gasteiger partial charge in [-0.05, 0) is 18.1 Å². The monoisotopic (exact) mass is 247 g/mol. The van der Waals surface area contributed by atoms with Gasteiger partial charge in [0.15, 0.2) is 0 Å². The molecule has 18 heavy (non-hydrogen) atoms. The first kappa shape index (κ1) is 12.8. The van der Waals surface area contributed by atoms with Gasteiger partial charge in [0.05, 0.1) is 23.8 Å². The highest BCUT2D eigenvalue weighted by Gasteiger charge is 2.36. The Hall–Kier alpha value is -1.68. The number of aliphatic hydroxyl groups is 1. The van der Waals surface area contributed by atoms with Gasteiger partial charge in [-0.2, -0.15) is 0 Å². The van der Waals surface area contributed by atoms with Crippen molar-refractivity contribution in [3.63, 3.8) is 0 Å². The van der Waals surface area contributed by atoms with Gasteiger partial charge in [0.1, 0.15) is 0 Å². The number of hydrogen-bond donors (Lipinski definition) is 1. The number of hydrogen-bond acceptors (Lipinski definition) is 3. The highest BCUT2D eigenvalue weighted by molar-refractivity contribution is 6.21. The Labute approximate surface area is 106 Å². The first-order valence-corrected chi connectivity index (χ1v) is 6.19. The van der Waals surface area contributed by atoms with Gasteiger partial charge in [0, 0.05) is 0 Å². The molecule has 1 aromatic carbocycles. The van der Waals surface area contributed by atoms with E-state index in [1.165, 1.54) is 0 Å². The SMILES string of the molecule is CCC(C)C(O)CN1C(=O)c2ccccc2C1=O. The summed E-state index contributed by atoms with van der Waals surface area (Å²) < 4.78 is 0. The third-order valence-corrected chi connectivity index (χ3v) is 3.55. The minimum Gasteiger partial charge on any atom is -0.391 e. The van der Waals surface area contributed by atoms with Crippen molar-refractivity contribution in [2.45, 2.75) is 26.4 Å². The smallest absolute Gasteiger partial charge is 0.261 e. The Morgan fingerprint density at radius 1 is 1.17 bits per heavy atom. The van der Waals surface area contributed by atoms with Crippen LogP contribution in [0.2, 0.25) is 0 Å². The van der Waals surface area contributed by atoms with Crippen LogP contribution < -0.4 is 0 Å². The Morgan fingerprint density at radius 3 is 2.11 bits per heavy atom. The second-order valence-corrected chi connectivity index (χ2v) is 4.72. The average Bonchev–Trinajstić information content (AvgIpc) is 2.63. The molecule has 4 heteroatoms. The lowest BCUT2D eigenvalue weighted by atomic mass is 10.0. The van der Waals surface area contributed by atoms with E-state index in [-0.39, 0.29) is 24.3 Å². The molecule has 1 aliphatic rings. The van der Waals surface area contributed by atoms with Crippen LogP contribution in [0.4, 0.5) is 0 Å². The predicted octanol–water partition coefficient (Wildman–Crippen LogP) is 1.69. The topological polar surface area (TPSA) is 57.6 Å². The Morgan fingerprint density at radius 2 is 1.67 bits per heavy atom. The van der Waals surface area contributed by atoms with Gasteiger partial charge < -0.3 is 5.11 Å². The van der Waals surface area contributed by atoms with Gasteiger partial charge in [0.2, 0.25) is 0 Å². The van der Waals surface area contributed by atoms with Crippen molar-refractivity contribution >= 4 is 11.8 Å². The summed E-state index contributed by atoms with van der Waals surface area (Å²) in [5, 5.41) is 9.95. The van der Waals surface area contributed by atoms with Crippen LogP contribution in [-0.2, 0) is 0 Å². The lowest BCUT2D eigenvalue weighted by molar-refractivity contribution is 0.0448. The molecule has 1 aliphatic heterocycles. The van der Waals surface area contributed by atoms with Gasteiger partial charge in [-0.25, -0.2) is 0 Å². The van der Waals surface area contributed by atoms with E-state index >= 15 is 0 Å². The number of amides is 2. The van der Waals surface area contributed by atoms with Crippen molar-refractivity contribution in [1.29, 1.82) is 0 Å². The number of benzene rings is 1. The van der Waals surface area contributed by atoms with Crippen LogP contribution in [0, 0.1) is 5.92 Å². The number of nitrogens with zero attached hydrogens (tertiary/aromatic N) is 1. The van der Waals surface area contributed by atoms with Crippen LogP contribution in [0.15, 0.2) is 24.3 Å². The standard InChI is InChI=1S/C14H17NO3/c1-3-9(2)12(16)8-15-13(17)10-6-4-5-7-11(10)14(15)18/h4-7,9,12,16H,3,8H2,1-2H3. The van der Waals surface area contributed by atoms with E-state index in [9.17, 15) is 14.7 Å². The van der Waals surface area contributed by atoms with Crippen molar-refractivity contribution < 1.29 is 14.7 Å². The molecule has 4 nitrogen and oxygen atoms in total. The van der Waals surface area contributed by atoms with Crippen LogP contribution >= 0.6 is 0 Å². The zero-order chi connectivity index (χ0) is 13.3. The van der Waals surface area contributed by atoms with E-state index in [1.807, 2.05) is 13.8 Å². The molecule has 0 spiro atoms. The molecule has 0 fully saturated rings. The van der Waals surface area contributed by atoms with Crippen LogP contribution in [0.25, 0.3) is 0 Å². The molecule has 0 radical (unpaired) electrons. The fraction of sp³-hybridized carbons (Fsp3) is 0.429. The van der Waals surface area contributed by atoms with E-state index < -0.39 is 6.10 Å². The fourth-order valence-corrected chi connectivity index (χ4v) is 2.04. The maximum absolute atomic E-state index is 12.0. The maximum Gasteiger partial charge on any atom is 0.261 e. The van der Waals surface area contributed by atoms with Crippen LogP contribution in [0.3, 0.4) is 0 Å². The van der Waals surface area contributed by atoms with Crippen molar-refractivity contribution in [1.82, 2.24) is 4.90 Å². The van der Waals surface area contributed by atoms with Crippen molar-refractivity contribution in [3.05, 3.63) is 35.4 Å². The molecule has 0 saturated heterocycles. The summed E-state index contributed by atoms with van der Waals surface area (Å²) in [7, 11) is 0. The second kappa shape index (κ2) is 4.90. The second-order valence-electron chi connectivity index (χ2n) is 4.72. The quantitative estimate of drug-likeness (QED) is 0.824. The molecule has 2 amide bonds. The summed E-state index contributed by atoms with van der Waals surface area (Å²) in [6.45, 7) is 3.94. The van der Waals surface area contributed by atoms with Crippen molar-refractivity contribution in [2.24, 2.45) is 5.92 Å². The molecule has 1 aromatic rings. The molecule has 2 unspecified atom stereocenters. The largest absolute Gasteiger partial charge is 0.391 e. The van der Waals surface area contributed by atoms with E-state index in [2.05, 4.69) is 0 Å². The molecule has 2 atom stereocenters. The third kappa shape index (κ3) is 2.04. The summed E-state index contributed by atoms with van der Waals surface area (Å²) >= 11 is 0. The lowest BCUT2D eigenvalue weighted by Gasteiger charge is -2.22. The first-order valence-electron chi connectivity index (χ1n) is 6.19. The third-order valence-electron chi connectivity index (χ3n) is 3.55. The van der Waals surface area contributed by atoms with Crippen molar-refractivity contribution in [3.8, 4) is 0 Å². The van der Waals surface area contributed by atoms with Crippen LogP contribution in [0.1, 0.15) is 41.0 Å². The van der Waals surface area contributed by atoms with Gasteiger partial charge in [-0.1, -0.05) is 32.4 Å². The molecule has 0 aromatic heterocycles. The summed E-state index contributed by atoms with van der Waals surface area (Å²) in [6, 6.07) is 6.76. The molecule has 1 heterocycles. The first-order chi connectivity index (χ1) is 8.56. The Bertz CT molecular complexity index is 449. The lowest BCUT2D eigenvalue weighted by Crippen LogP contribution is -2.39. The minimum absolute atomic E-state index is 0.0642. The Balaban J connectivity index is 2.19. The van der Waals surface area contributed by atoms with Gasteiger partial charge >= 0.3 is 0 Å². The van der Waals surface area contributed by atoms with Gasteiger partial charge in [0.25, 0.3) is 11.8 Å². The highest BCUT2D eigenvalue weighted by Crippen LogP contribution is 2.23. The minimum atomic E-state index is -0.669. The van der Waals surface area contributed by atoms with E-state index in [0.29, 0.717) is 11.1 Å². The number of β-amino-alcohol motifs (C(OH)–C–C–N with tert-alkyl or cyclic N) is 1. The molecule has 0 saturated carbocycles. The number of fused-ring (bicyclic) bond motifs is 1. The normalized spacial score (nSPS) is 17.8. The van der Waals surface area contributed by atoms with Gasteiger partial charge in [-0.3, -0.25) is 14.5 Å². The van der Waals surface area contributed by atoms with Crippen LogP contribution in [-0.4, -0.2) is 34.5 Å². The van der Waals surface area contributed by atoms with E-state index in [1.54, 1.807) is 24.3 Å². The number of imide groups is 1. The number of rotatable bonds is 4. The van der Waals surface area contributed by atoms with Gasteiger partial charge in [-0.15, -0.1) is 0 Å². The summed E-state index contributed by atoms with van der Waals surface area (Å²) in [6.07, 6.45) is 0.141. The number of aliphatic hydroxyl groups excluding tert-OH is 1. The number of carbonyl (C=O) groups excluding carboxylic acids is 2. The molecular weight excluding hydrogens is 230 g/mol. The molecule has 0 bridgehead atoms. The molecule has 96 valence electrons. The fourth-order valence-electron chi connectivity index (χ4n) is 2.04. The maximum atomic E-state index is 12.0. The summed E-state index contributed by atoms with van der Waals surface area (Å²) in [4.78, 5) is 25.2. The molecule has 0 aliphatic carbocycles. The van der Waals surface area contributed by atoms with E-state index in [0.717, 1.165) is 11.3 Å². The summed E-state index contributed by atoms with van der Waals surface area (Å²) in [5.74, 6) is -0.551. The Kier molecular flexibility index (Phi) is 3.48. The summed E-state index contributed by atoms with van der Waals surface area (Å²) in [5.41, 5.74) is 0.859. The zero-order valence-electron chi connectivity index (χ0n) is 10.6. The van der Waals surface area contributed by atoms with Crippen molar-refractivity contribution in [2.75, 3.05) is 6.54 Å². The molecular formula is C14H17NO3. The number of carbonyl (C=O) groups is 2. The zero-order valence-corrected chi connectivity index (χ0v) is 10.6.